The number of halogens is 1. The molecule has 0 radical (unpaired) electrons. The van der Waals surface area contributed by atoms with E-state index in [1.165, 1.54) is 0 Å². The molecule has 0 saturated carbocycles. The molecule has 0 aliphatic carbocycles. The van der Waals surface area contributed by atoms with Crippen LogP contribution in [0.2, 0.25) is 5.15 Å². The number of likely N-dealkylation sites (N-methyl/N-ethyl adjacent to an activating group) is 1. The van der Waals surface area contributed by atoms with Gasteiger partial charge in [-0.2, -0.15) is 0 Å². The fraction of sp³-hybridized carbons (Fsp3) is 0.583. The Labute approximate surface area is 112 Å². The first-order valence-corrected chi connectivity index (χ1v) is 6.50. The quantitative estimate of drug-likeness (QED) is 0.777. The van der Waals surface area contributed by atoms with E-state index >= 15 is 0 Å². The number of rotatable bonds is 3. The lowest BCUT2D eigenvalue weighted by Crippen LogP contribution is -2.48. The van der Waals surface area contributed by atoms with Crippen molar-refractivity contribution in [2.75, 3.05) is 31.6 Å². The summed E-state index contributed by atoms with van der Waals surface area (Å²) in [5, 5.41) is 0.440. The summed E-state index contributed by atoms with van der Waals surface area (Å²) in [4.78, 5) is 24.0. The molecule has 5 nitrogen and oxygen atoms in total. The minimum atomic E-state index is 0.105. The van der Waals surface area contributed by atoms with E-state index in [-0.39, 0.29) is 5.91 Å². The summed E-state index contributed by atoms with van der Waals surface area (Å²) in [5.41, 5.74) is 0. The Hall–Kier alpha value is -1.36. The SMILES string of the molecule is CCCc1nc(Cl)cc(N2CCN(C)C(=O)C2)n1. The van der Waals surface area contributed by atoms with Crippen molar-refractivity contribution in [3.63, 3.8) is 0 Å². The number of hydrogen-bond donors (Lipinski definition) is 0. The van der Waals surface area contributed by atoms with Crippen LogP contribution in [0.4, 0.5) is 5.82 Å². The van der Waals surface area contributed by atoms with Gasteiger partial charge in [0, 0.05) is 32.6 Å². The van der Waals surface area contributed by atoms with E-state index in [1.807, 2.05) is 11.9 Å². The van der Waals surface area contributed by atoms with Crippen molar-refractivity contribution in [3.05, 3.63) is 17.0 Å². The van der Waals surface area contributed by atoms with Crippen LogP contribution in [0.1, 0.15) is 19.2 Å². The second-order valence-corrected chi connectivity index (χ2v) is 4.84. The number of hydrogen-bond acceptors (Lipinski definition) is 4. The first-order chi connectivity index (χ1) is 8.60. The summed E-state index contributed by atoms with van der Waals surface area (Å²) < 4.78 is 0. The number of anilines is 1. The maximum Gasteiger partial charge on any atom is 0.241 e. The van der Waals surface area contributed by atoms with Gasteiger partial charge in [-0.3, -0.25) is 4.79 Å². The second-order valence-electron chi connectivity index (χ2n) is 4.45. The molecule has 0 N–H and O–H groups in total. The van der Waals surface area contributed by atoms with Gasteiger partial charge < -0.3 is 9.80 Å². The Morgan fingerprint density at radius 2 is 2.17 bits per heavy atom. The van der Waals surface area contributed by atoms with Gasteiger partial charge in [-0.25, -0.2) is 9.97 Å². The van der Waals surface area contributed by atoms with Crippen LogP contribution in [0, 0.1) is 0 Å². The van der Waals surface area contributed by atoms with Gasteiger partial charge in [0.15, 0.2) is 0 Å². The van der Waals surface area contributed by atoms with E-state index in [2.05, 4.69) is 16.9 Å². The molecule has 2 heterocycles. The van der Waals surface area contributed by atoms with Gasteiger partial charge >= 0.3 is 0 Å². The van der Waals surface area contributed by atoms with Gasteiger partial charge in [-0.05, 0) is 6.42 Å². The number of piperazine rings is 1. The zero-order valence-corrected chi connectivity index (χ0v) is 11.4. The lowest BCUT2D eigenvalue weighted by atomic mass is 10.3. The van der Waals surface area contributed by atoms with Crippen molar-refractivity contribution >= 4 is 23.3 Å². The summed E-state index contributed by atoms with van der Waals surface area (Å²) in [6.07, 6.45) is 1.77. The van der Waals surface area contributed by atoms with Crippen LogP contribution in [0.25, 0.3) is 0 Å². The van der Waals surface area contributed by atoms with E-state index in [4.69, 9.17) is 11.6 Å². The molecular formula is C12H17ClN4O. The molecule has 1 aromatic rings. The molecular weight excluding hydrogens is 252 g/mol. The second kappa shape index (κ2) is 5.52. The Morgan fingerprint density at radius 1 is 1.39 bits per heavy atom. The molecule has 1 fully saturated rings. The zero-order chi connectivity index (χ0) is 13.1. The zero-order valence-electron chi connectivity index (χ0n) is 10.7. The molecule has 98 valence electrons. The van der Waals surface area contributed by atoms with Gasteiger partial charge in [0.25, 0.3) is 0 Å². The van der Waals surface area contributed by atoms with Crippen LogP contribution in [0.3, 0.4) is 0 Å². The number of carbonyl (C=O) groups is 1. The predicted octanol–water partition coefficient (Wildman–Crippen LogP) is 1.36. The van der Waals surface area contributed by atoms with Gasteiger partial charge in [-0.15, -0.1) is 0 Å². The van der Waals surface area contributed by atoms with Gasteiger partial charge in [0.05, 0.1) is 6.54 Å². The summed E-state index contributed by atoms with van der Waals surface area (Å²) in [6.45, 7) is 3.92. The van der Waals surface area contributed by atoms with Crippen molar-refractivity contribution in [1.29, 1.82) is 0 Å². The molecule has 1 aliphatic heterocycles. The third kappa shape index (κ3) is 2.90. The van der Waals surface area contributed by atoms with E-state index in [1.54, 1.807) is 11.0 Å². The molecule has 0 unspecified atom stereocenters. The third-order valence-corrected chi connectivity index (χ3v) is 3.18. The Balaban J connectivity index is 2.19. The van der Waals surface area contributed by atoms with E-state index < -0.39 is 0 Å². The first kappa shape index (κ1) is 13.1. The fourth-order valence-corrected chi connectivity index (χ4v) is 2.10. The van der Waals surface area contributed by atoms with Gasteiger partial charge in [-0.1, -0.05) is 18.5 Å². The normalized spacial score (nSPS) is 16.3. The lowest BCUT2D eigenvalue weighted by Gasteiger charge is -2.32. The molecule has 0 atom stereocenters. The molecule has 6 heteroatoms. The molecule has 2 rings (SSSR count). The van der Waals surface area contributed by atoms with Crippen LogP contribution in [-0.4, -0.2) is 47.5 Å². The largest absolute Gasteiger partial charge is 0.345 e. The number of aryl methyl sites for hydroxylation is 1. The Bertz CT molecular complexity index is 452. The molecule has 1 amide bonds. The van der Waals surface area contributed by atoms with Gasteiger partial charge in [0.1, 0.15) is 16.8 Å². The minimum Gasteiger partial charge on any atom is -0.345 e. The average molecular weight is 269 g/mol. The molecule has 1 aromatic heterocycles. The molecule has 18 heavy (non-hydrogen) atoms. The molecule has 0 aromatic carbocycles. The number of amides is 1. The highest BCUT2D eigenvalue weighted by Crippen LogP contribution is 2.18. The van der Waals surface area contributed by atoms with Crippen molar-refractivity contribution in [2.45, 2.75) is 19.8 Å². The number of aromatic nitrogens is 2. The monoisotopic (exact) mass is 268 g/mol. The Kier molecular flexibility index (Phi) is 4.01. The minimum absolute atomic E-state index is 0.105. The van der Waals surface area contributed by atoms with Crippen LogP contribution >= 0.6 is 11.6 Å². The highest BCUT2D eigenvalue weighted by atomic mass is 35.5. The first-order valence-electron chi connectivity index (χ1n) is 6.12. The van der Waals surface area contributed by atoms with E-state index in [9.17, 15) is 4.79 Å². The maximum absolute atomic E-state index is 11.7. The third-order valence-electron chi connectivity index (χ3n) is 2.98. The van der Waals surface area contributed by atoms with E-state index in [0.717, 1.165) is 31.0 Å². The highest BCUT2D eigenvalue weighted by molar-refractivity contribution is 6.29. The average Bonchev–Trinajstić information content (AvgIpc) is 2.32. The summed E-state index contributed by atoms with van der Waals surface area (Å²) in [5.74, 6) is 1.60. The van der Waals surface area contributed by atoms with Crippen molar-refractivity contribution in [1.82, 2.24) is 14.9 Å². The van der Waals surface area contributed by atoms with Crippen LogP contribution in [-0.2, 0) is 11.2 Å². The molecule has 1 aliphatic rings. The van der Waals surface area contributed by atoms with Gasteiger partial charge in [0.2, 0.25) is 5.91 Å². The van der Waals surface area contributed by atoms with Crippen molar-refractivity contribution in [3.8, 4) is 0 Å². The maximum atomic E-state index is 11.7. The summed E-state index contributed by atoms with van der Waals surface area (Å²) in [6, 6.07) is 1.72. The number of nitrogens with zero attached hydrogens (tertiary/aromatic N) is 4. The van der Waals surface area contributed by atoms with Crippen molar-refractivity contribution < 1.29 is 4.79 Å². The lowest BCUT2D eigenvalue weighted by molar-refractivity contribution is -0.129. The molecule has 1 saturated heterocycles. The predicted molar refractivity (Wildman–Crippen MR) is 70.9 cm³/mol. The van der Waals surface area contributed by atoms with E-state index in [0.29, 0.717) is 18.2 Å². The van der Waals surface area contributed by atoms with Crippen LogP contribution in [0.5, 0.6) is 0 Å². The smallest absolute Gasteiger partial charge is 0.241 e. The number of carbonyl (C=O) groups excluding carboxylic acids is 1. The van der Waals surface area contributed by atoms with Crippen molar-refractivity contribution in [2.24, 2.45) is 0 Å². The highest BCUT2D eigenvalue weighted by Gasteiger charge is 2.22. The van der Waals surface area contributed by atoms with Crippen LogP contribution in [0.15, 0.2) is 6.07 Å². The standard InChI is InChI=1S/C12H17ClN4O/c1-3-4-10-14-9(13)7-11(15-10)17-6-5-16(2)12(18)8-17/h7H,3-6,8H2,1-2H3. The fourth-order valence-electron chi connectivity index (χ4n) is 1.90. The molecule has 0 spiro atoms. The van der Waals surface area contributed by atoms with Crippen LogP contribution < -0.4 is 4.90 Å². The Morgan fingerprint density at radius 3 is 2.83 bits per heavy atom. The topological polar surface area (TPSA) is 49.3 Å². The molecule has 0 bridgehead atoms. The summed E-state index contributed by atoms with van der Waals surface area (Å²) in [7, 11) is 1.81. The summed E-state index contributed by atoms with van der Waals surface area (Å²) >= 11 is 6.00.